The largest absolute Gasteiger partial charge is 0.467 e. The number of hydrogen-bond acceptors (Lipinski definition) is 6. The molecule has 0 saturated carbocycles. The Morgan fingerprint density at radius 1 is 1.46 bits per heavy atom. The Morgan fingerprint density at radius 2 is 2.21 bits per heavy atom. The molecule has 0 unspecified atom stereocenters. The van der Waals surface area contributed by atoms with Crippen molar-refractivity contribution in [1.82, 2.24) is 14.5 Å². The van der Waals surface area contributed by atoms with E-state index in [1.807, 2.05) is 6.07 Å². The van der Waals surface area contributed by atoms with Crippen LogP contribution in [0.4, 0.5) is 5.82 Å². The second-order valence-corrected chi connectivity index (χ2v) is 6.43. The number of methoxy groups -OCH3 is 1. The fraction of sp³-hybridized carbons (Fsp3) is 0.500. The quantitative estimate of drug-likeness (QED) is 0.571. The molecular formula is C16H21BrN4O3. The van der Waals surface area contributed by atoms with E-state index >= 15 is 0 Å². The number of fused-ring (bicyclic) bond motifs is 1. The van der Waals surface area contributed by atoms with Gasteiger partial charge in [-0.25, -0.2) is 14.8 Å². The zero-order valence-electron chi connectivity index (χ0n) is 14.0. The molecule has 0 aliphatic rings. The van der Waals surface area contributed by atoms with Gasteiger partial charge < -0.3 is 14.6 Å². The number of aryl methyl sites for hydroxylation is 1. The monoisotopic (exact) mass is 396 g/mol. The van der Waals surface area contributed by atoms with Crippen LogP contribution in [0.2, 0.25) is 0 Å². The van der Waals surface area contributed by atoms with Gasteiger partial charge in [0.1, 0.15) is 6.04 Å². The first-order chi connectivity index (χ1) is 11.5. The maximum Gasteiger partial charge on any atom is 0.328 e. The SMILES string of the molecule is CCCCCn1c(=O)c(N[C@@H](C)C(=O)OC)nc2ncc(Br)cc21. The third-order valence-electron chi connectivity index (χ3n) is 3.66. The predicted octanol–water partition coefficient (Wildman–Crippen LogP) is 2.72. The number of nitrogens with zero attached hydrogens (tertiary/aromatic N) is 3. The van der Waals surface area contributed by atoms with Crippen molar-refractivity contribution >= 4 is 38.9 Å². The fourth-order valence-electron chi connectivity index (χ4n) is 2.37. The lowest BCUT2D eigenvalue weighted by atomic mass is 10.2. The van der Waals surface area contributed by atoms with Gasteiger partial charge in [-0.2, -0.15) is 0 Å². The highest BCUT2D eigenvalue weighted by molar-refractivity contribution is 9.10. The van der Waals surface area contributed by atoms with E-state index in [-0.39, 0.29) is 11.4 Å². The molecule has 1 N–H and O–H groups in total. The van der Waals surface area contributed by atoms with Crippen molar-refractivity contribution in [3.63, 3.8) is 0 Å². The number of nitrogens with one attached hydrogen (secondary N) is 1. The smallest absolute Gasteiger partial charge is 0.328 e. The van der Waals surface area contributed by atoms with Crippen molar-refractivity contribution in [3.8, 4) is 0 Å². The molecule has 24 heavy (non-hydrogen) atoms. The minimum Gasteiger partial charge on any atom is -0.467 e. The van der Waals surface area contributed by atoms with Crippen molar-refractivity contribution < 1.29 is 9.53 Å². The molecule has 0 aliphatic heterocycles. The zero-order chi connectivity index (χ0) is 17.7. The molecular weight excluding hydrogens is 376 g/mol. The van der Waals surface area contributed by atoms with E-state index < -0.39 is 12.0 Å². The van der Waals surface area contributed by atoms with E-state index in [0.29, 0.717) is 17.7 Å². The lowest BCUT2D eigenvalue weighted by Crippen LogP contribution is -2.33. The molecule has 130 valence electrons. The summed E-state index contributed by atoms with van der Waals surface area (Å²) in [7, 11) is 1.30. The highest BCUT2D eigenvalue weighted by atomic mass is 79.9. The number of pyridine rings is 1. The molecule has 0 amide bonds. The van der Waals surface area contributed by atoms with Crippen molar-refractivity contribution in [2.75, 3.05) is 12.4 Å². The topological polar surface area (TPSA) is 86.1 Å². The summed E-state index contributed by atoms with van der Waals surface area (Å²) in [6.45, 7) is 4.30. The number of carbonyl (C=O) groups is 1. The van der Waals surface area contributed by atoms with Crippen LogP contribution in [-0.2, 0) is 16.1 Å². The van der Waals surface area contributed by atoms with E-state index in [0.717, 1.165) is 23.7 Å². The minimum atomic E-state index is -0.674. The van der Waals surface area contributed by atoms with Gasteiger partial charge in [0.25, 0.3) is 5.56 Å². The number of unbranched alkanes of at least 4 members (excludes halogenated alkanes) is 2. The first-order valence-corrected chi connectivity index (χ1v) is 8.67. The molecule has 2 rings (SSSR count). The van der Waals surface area contributed by atoms with Crippen LogP contribution in [0.3, 0.4) is 0 Å². The van der Waals surface area contributed by atoms with Crippen LogP contribution in [0.25, 0.3) is 11.2 Å². The molecule has 0 spiro atoms. The van der Waals surface area contributed by atoms with Gasteiger partial charge in [-0.05, 0) is 35.3 Å². The van der Waals surface area contributed by atoms with Crippen LogP contribution < -0.4 is 10.9 Å². The van der Waals surface area contributed by atoms with Gasteiger partial charge in [-0.15, -0.1) is 0 Å². The standard InChI is InChI=1S/C16H21BrN4O3/c1-4-5-6-7-21-12-8-11(17)9-18-13(12)20-14(15(21)22)19-10(2)16(23)24-3/h8-10H,4-7H2,1-3H3,(H,18,19,20)/t10-/m0/s1. The fourth-order valence-corrected chi connectivity index (χ4v) is 2.69. The Morgan fingerprint density at radius 3 is 2.88 bits per heavy atom. The highest BCUT2D eigenvalue weighted by Gasteiger charge is 2.18. The molecule has 2 heterocycles. The number of hydrogen-bond donors (Lipinski definition) is 1. The van der Waals surface area contributed by atoms with Gasteiger partial charge in [-0.3, -0.25) is 4.79 Å². The Kier molecular flexibility index (Phi) is 6.30. The van der Waals surface area contributed by atoms with Crippen LogP contribution in [0.5, 0.6) is 0 Å². The van der Waals surface area contributed by atoms with Gasteiger partial charge in [0.2, 0.25) is 0 Å². The van der Waals surface area contributed by atoms with Crippen LogP contribution in [0.15, 0.2) is 21.5 Å². The first-order valence-electron chi connectivity index (χ1n) is 7.88. The van der Waals surface area contributed by atoms with Crippen LogP contribution in [0, 0.1) is 0 Å². The second-order valence-electron chi connectivity index (χ2n) is 5.51. The van der Waals surface area contributed by atoms with Gasteiger partial charge in [0.05, 0.1) is 12.6 Å². The highest BCUT2D eigenvalue weighted by Crippen LogP contribution is 2.17. The van der Waals surface area contributed by atoms with E-state index in [1.165, 1.54) is 7.11 Å². The lowest BCUT2D eigenvalue weighted by Gasteiger charge is -2.15. The lowest BCUT2D eigenvalue weighted by molar-refractivity contribution is -0.141. The maximum absolute atomic E-state index is 12.8. The molecule has 7 nitrogen and oxygen atoms in total. The molecule has 0 fully saturated rings. The molecule has 2 aromatic heterocycles. The Balaban J connectivity index is 2.49. The Labute approximate surface area is 148 Å². The molecule has 8 heteroatoms. The van der Waals surface area contributed by atoms with Crippen molar-refractivity contribution in [2.24, 2.45) is 0 Å². The summed E-state index contributed by atoms with van der Waals surface area (Å²) >= 11 is 3.38. The van der Waals surface area contributed by atoms with Gasteiger partial charge in [0.15, 0.2) is 11.5 Å². The summed E-state index contributed by atoms with van der Waals surface area (Å²) in [5.74, 6) is -0.357. The molecule has 0 aliphatic carbocycles. The van der Waals surface area contributed by atoms with E-state index in [1.54, 1.807) is 17.7 Å². The minimum absolute atomic E-state index is 0.103. The Hall–Kier alpha value is -1.96. The summed E-state index contributed by atoms with van der Waals surface area (Å²) < 4.78 is 7.11. The summed E-state index contributed by atoms with van der Waals surface area (Å²) in [5.41, 5.74) is 0.852. The molecule has 0 saturated heterocycles. The molecule has 0 aromatic carbocycles. The number of anilines is 1. The summed E-state index contributed by atoms with van der Waals surface area (Å²) in [6, 6.07) is 1.16. The van der Waals surface area contributed by atoms with Gasteiger partial charge >= 0.3 is 5.97 Å². The molecule has 0 bridgehead atoms. The van der Waals surface area contributed by atoms with E-state index in [2.05, 4.69) is 42.9 Å². The van der Waals surface area contributed by atoms with Crippen molar-refractivity contribution in [3.05, 3.63) is 27.1 Å². The zero-order valence-corrected chi connectivity index (χ0v) is 15.6. The van der Waals surface area contributed by atoms with E-state index in [4.69, 9.17) is 0 Å². The van der Waals surface area contributed by atoms with Crippen LogP contribution in [-0.4, -0.2) is 33.7 Å². The number of halogens is 1. The summed E-state index contributed by atoms with van der Waals surface area (Å²) in [5, 5.41) is 2.83. The molecule has 1 atom stereocenters. The Bertz CT molecular complexity index is 791. The summed E-state index contributed by atoms with van der Waals surface area (Å²) in [4.78, 5) is 32.9. The summed E-state index contributed by atoms with van der Waals surface area (Å²) in [6.07, 6.45) is 4.60. The number of rotatable bonds is 7. The van der Waals surface area contributed by atoms with Crippen LogP contribution >= 0.6 is 15.9 Å². The second kappa shape index (κ2) is 8.23. The number of esters is 1. The molecule has 0 radical (unpaired) electrons. The van der Waals surface area contributed by atoms with Crippen LogP contribution in [0.1, 0.15) is 33.1 Å². The first kappa shape index (κ1) is 18.4. The number of carbonyl (C=O) groups excluding carboxylic acids is 1. The van der Waals surface area contributed by atoms with Crippen molar-refractivity contribution in [1.29, 1.82) is 0 Å². The van der Waals surface area contributed by atoms with Crippen molar-refractivity contribution in [2.45, 2.75) is 45.7 Å². The average molecular weight is 397 g/mol. The third kappa shape index (κ3) is 4.11. The predicted molar refractivity (Wildman–Crippen MR) is 96.1 cm³/mol. The van der Waals surface area contributed by atoms with E-state index in [9.17, 15) is 9.59 Å². The third-order valence-corrected chi connectivity index (χ3v) is 4.10. The van der Waals surface area contributed by atoms with Gasteiger partial charge in [0, 0.05) is 17.2 Å². The number of aromatic nitrogens is 3. The molecule has 2 aromatic rings. The maximum atomic E-state index is 12.8. The van der Waals surface area contributed by atoms with Gasteiger partial charge in [-0.1, -0.05) is 19.8 Å². The normalized spacial score (nSPS) is 12.2. The number of ether oxygens (including phenoxy) is 1. The average Bonchev–Trinajstić information content (AvgIpc) is 2.57.